The van der Waals surface area contributed by atoms with E-state index in [1.165, 1.54) is 0 Å². The summed E-state index contributed by atoms with van der Waals surface area (Å²) in [5.41, 5.74) is 6.95. The number of likely N-dealkylation sites (N-methyl/N-ethyl adjacent to an activating group) is 1. The minimum atomic E-state index is 0.425. The van der Waals surface area contributed by atoms with Crippen molar-refractivity contribution in [3.05, 3.63) is 29.0 Å². The molecule has 0 amide bonds. The Morgan fingerprint density at radius 1 is 1.39 bits per heavy atom. The van der Waals surface area contributed by atoms with E-state index in [-0.39, 0.29) is 0 Å². The van der Waals surface area contributed by atoms with E-state index in [0.29, 0.717) is 28.0 Å². The molecule has 2 rings (SSSR count). The lowest BCUT2D eigenvalue weighted by molar-refractivity contribution is 0.392. The zero-order valence-electron chi connectivity index (χ0n) is 10.4. The van der Waals surface area contributed by atoms with Crippen molar-refractivity contribution in [2.75, 3.05) is 26.4 Å². The number of anilines is 1. The quantitative estimate of drug-likeness (QED) is 0.858. The SMILES string of the molecule is CN(C)CCc1noc(-c2ccc(N)cc2Cl)n1. The smallest absolute Gasteiger partial charge is 0.259 e. The molecule has 0 spiro atoms. The van der Waals surface area contributed by atoms with Crippen LogP contribution in [0.4, 0.5) is 5.69 Å². The number of nitrogens with zero attached hydrogens (tertiary/aromatic N) is 3. The maximum absolute atomic E-state index is 6.08. The van der Waals surface area contributed by atoms with Crippen LogP contribution in [0.3, 0.4) is 0 Å². The Morgan fingerprint density at radius 3 is 2.83 bits per heavy atom. The summed E-state index contributed by atoms with van der Waals surface area (Å²) in [5, 5.41) is 4.44. The van der Waals surface area contributed by atoms with Gasteiger partial charge in [-0.05, 0) is 32.3 Å². The summed E-state index contributed by atoms with van der Waals surface area (Å²) in [6.45, 7) is 0.869. The first-order valence-electron chi connectivity index (χ1n) is 5.59. The third kappa shape index (κ3) is 3.00. The summed E-state index contributed by atoms with van der Waals surface area (Å²) in [4.78, 5) is 6.37. The largest absolute Gasteiger partial charge is 0.399 e. The Balaban J connectivity index is 2.18. The molecule has 0 fully saturated rings. The van der Waals surface area contributed by atoms with Gasteiger partial charge in [0, 0.05) is 18.7 Å². The molecule has 0 aliphatic rings. The number of halogens is 1. The average Bonchev–Trinajstić information content (AvgIpc) is 2.75. The van der Waals surface area contributed by atoms with Crippen LogP contribution in [-0.4, -0.2) is 35.7 Å². The molecular weight excluding hydrogens is 252 g/mol. The third-order valence-corrected chi connectivity index (χ3v) is 2.79. The van der Waals surface area contributed by atoms with Gasteiger partial charge in [0.1, 0.15) is 0 Å². The molecule has 0 radical (unpaired) electrons. The van der Waals surface area contributed by atoms with Crippen LogP contribution in [0.15, 0.2) is 22.7 Å². The monoisotopic (exact) mass is 266 g/mol. The predicted octanol–water partition coefficient (Wildman–Crippen LogP) is 2.08. The minimum absolute atomic E-state index is 0.425. The molecule has 0 aliphatic heterocycles. The topological polar surface area (TPSA) is 68.2 Å². The van der Waals surface area contributed by atoms with E-state index in [1.807, 2.05) is 14.1 Å². The highest BCUT2D eigenvalue weighted by molar-refractivity contribution is 6.33. The maximum atomic E-state index is 6.08. The molecule has 18 heavy (non-hydrogen) atoms. The molecular formula is C12H15ClN4O. The van der Waals surface area contributed by atoms with E-state index in [0.717, 1.165) is 13.0 Å². The molecule has 2 N–H and O–H groups in total. The third-order valence-electron chi connectivity index (χ3n) is 2.47. The van der Waals surface area contributed by atoms with E-state index in [9.17, 15) is 0 Å². The van der Waals surface area contributed by atoms with Gasteiger partial charge < -0.3 is 15.2 Å². The van der Waals surface area contributed by atoms with E-state index in [4.69, 9.17) is 21.9 Å². The molecule has 0 aliphatic carbocycles. The number of rotatable bonds is 4. The lowest BCUT2D eigenvalue weighted by atomic mass is 10.2. The Hall–Kier alpha value is -1.59. The summed E-state index contributed by atoms with van der Waals surface area (Å²) >= 11 is 6.08. The molecule has 1 heterocycles. The van der Waals surface area contributed by atoms with Gasteiger partial charge in [0.2, 0.25) is 0 Å². The number of hydrogen-bond donors (Lipinski definition) is 1. The van der Waals surface area contributed by atoms with Crippen molar-refractivity contribution < 1.29 is 4.52 Å². The van der Waals surface area contributed by atoms with Crippen LogP contribution in [0.5, 0.6) is 0 Å². The van der Waals surface area contributed by atoms with E-state index in [1.54, 1.807) is 18.2 Å². The fourth-order valence-electron chi connectivity index (χ4n) is 1.49. The first-order valence-corrected chi connectivity index (χ1v) is 5.97. The van der Waals surface area contributed by atoms with Crippen molar-refractivity contribution in [3.63, 3.8) is 0 Å². The van der Waals surface area contributed by atoms with Crippen molar-refractivity contribution in [1.82, 2.24) is 15.0 Å². The molecule has 0 saturated carbocycles. The van der Waals surface area contributed by atoms with Gasteiger partial charge in [-0.3, -0.25) is 0 Å². The normalized spacial score (nSPS) is 11.1. The Bertz CT molecular complexity index is 539. The standard InChI is InChI=1S/C12H15ClN4O/c1-17(2)6-5-11-15-12(18-16-11)9-4-3-8(14)7-10(9)13/h3-4,7H,5-6,14H2,1-2H3. The Morgan fingerprint density at radius 2 is 2.17 bits per heavy atom. The first kappa shape index (κ1) is 12.9. The summed E-state index contributed by atoms with van der Waals surface area (Å²) < 4.78 is 5.20. The van der Waals surface area contributed by atoms with Gasteiger partial charge in [0.25, 0.3) is 5.89 Å². The van der Waals surface area contributed by atoms with E-state index >= 15 is 0 Å². The van der Waals surface area contributed by atoms with Crippen molar-refractivity contribution in [2.24, 2.45) is 0 Å². The van der Waals surface area contributed by atoms with Crippen LogP contribution in [0, 0.1) is 0 Å². The second-order valence-corrected chi connectivity index (χ2v) is 4.72. The molecule has 0 bridgehead atoms. The zero-order chi connectivity index (χ0) is 13.1. The molecule has 0 atom stereocenters. The average molecular weight is 267 g/mol. The highest BCUT2D eigenvalue weighted by Gasteiger charge is 2.12. The first-order chi connectivity index (χ1) is 8.56. The zero-order valence-corrected chi connectivity index (χ0v) is 11.1. The number of aromatic nitrogens is 2. The highest BCUT2D eigenvalue weighted by Crippen LogP contribution is 2.28. The van der Waals surface area contributed by atoms with E-state index in [2.05, 4.69) is 15.0 Å². The number of hydrogen-bond acceptors (Lipinski definition) is 5. The number of nitrogens with two attached hydrogens (primary N) is 1. The minimum Gasteiger partial charge on any atom is -0.399 e. The number of benzene rings is 1. The van der Waals surface area contributed by atoms with Gasteiger partial charge in [-0.25, -0.2) is 0 Å². The Kier molecular flexibility index (Phi) is 3.84. The van der Waals surface area contributed by atoms with Crippen molar-refractivity contribution in [2.45, 2.75) is 6.42 Å². The lowest BCUT2D eigenvalue weighted by Gasteiger charge is -2.05. The van der Waals surface area contributed by atoms with Gasteiger partial charge >= 0.3 is 0 Å². The molecule has 0 saturated heterocycles. The Labute approximate surface area is 111 Å². The fourth-order valence-corrected chi connectivity index (χ4v) is 1.76. The van der Waals surface area contributed by atoms with Gasteiger partial charge in [0.15, 0.2) is 5.82 Å². The van der Waals surface area contributed by atoms with Crippen molar-refractivity contribution in [3.8, 4) is 11.5 Å². The lowest BCUT2D eigenvalue weighted by Crippen LogP contribution is -2.15. The van der Waals surface area contributed by atoms with Gasteiger partial charge in [0.05, 0.1) is 10.6 Å². The van der Waals surface area contributed by atoms with Gasteiger partial charge in [-0.1, -0.05) is 16.8 Å². The number of nitrogen functional groups attached to an aromatic ring is 1. The summed E-state index contributed by atoms with van der Waals surface area (Å²) in [6, 6.07) is 5.20. The molecule has 1 aromatic carbocycles. The van der Waals surface area contributed by atoms with Crippen LogP contribution < -0.4 is 5.73 Å². The fraction of sp³-hybridized carbons (Fsp3) is 0.333. The second kappa shape index (κ2) is 5.37. The molecule has 96 valence electrons. The highest BCUT2D eigenvalue weighted by atomic mass is 35.5. The van der Waals surface area contributed by atoms with Crippen LogP contribution in [0.25, 0.3) is 11.5 Å². The van der Waals surface area contributed by atoms with Gasteiger partial charge in [-0.15, -0.1) is 0 Å². The van der Waals surface area contributed by atoms with Crippen LogP contribution >= 0.6 is 11.6 Å². The van der Waals surface area contributed by atoms with Gasteiger partial charge in [-0.2, -0.15) is 4.98 Å². The van der Waals surface area contributed by atoms with E-state index < -0.39 is 0 Å². The van der Waals surface area contributed by atoms with Crippen molar-refractivity contribution in [1.29, 1.82) is 0 Å². The summed E-state index contributed by atoms with van der Waals surface area (Å²) in [5.74, 6) is 1.10. The predicted molar refractivity (Wildman–Crippen MR) is 71.4 cm³/mol. The maximum Gasteiger partial charge on any atom is 0.259 e. The summed E-state index contributed by atoms with van der Waals surface area (Å²) in [6.07, 6.45) is 0.739. The second-order valence-electron chi connectivity index (χ2n) is 4.31. The summed E-state index contributed by atoms with van der Waals surface area (Å²) in [7, 11) is 4.00. The molecule has 5 nitrogen and oxygen atoms in total. The molecule has 1 aromatic heterocycles. The van der Waals surface area contributed by atoms with Crippen LogP contribution in [0.2, 0.25) is 5.02 Å². The van der Waals surface area contributed by atoms with Crippen LogP contribution in [-0.2, 0) is 6.42 Å². The molecule has 2 aromatic rings. The van der Waals surface area contributed by atoms with Crippen LogP contribution in [0.1, 0.15) is 5.82 Å². The molecule has 6 heteroatoms. The molecule has 0 unspecified atom stereocenters. The van der Waals surface area contributed by atoms with Crippen molar-refractivity contribution >= 4 is 17.3 Å².